The first-order valence-electron chi connectivity index (χ1n) is 4.46. The lowest BCUT2D eigenvalue weighted by atomic mass is 10.0. The highest BCUT2D eigenvalue weighted by molar-refractivity contribution is 6.42. The van der Waals surface area contributed by atoms with Gasteiger partial charge in [0.05, 0.1) is 22.7 Å². The van der Waals surface area contributed by atoms with Gasteiger partial charge in [-0.3, -0.25) is 4.79 Å². The van der Waals surface area contributed by atoms with Crippen molar-refractivity contribution in [3.63, 3.8) is 0 Å². The van der Waals surface area contributed by atoms with Crippen LogP contribution in [0.15, 0.2) is 30.5 Å². The van der Waals surface area contributed by atoms with Gasteiger partial charge in [0.15, 0.2) is 5.78 Å². The Morgan fingerprint density at radius 2 is 2.07 bits per heavy atom. The topological polar surface area (TPSA) is 26.3 Å². The molecule has 1 heterocycles. The van der Waals surface area contributed by atoms with E-state index < -0.39 is 0 Å². The van der Waals surface area contributed by atoms with Crippen LogP contribution in [-0.2, 0) is 9.53 Å². The number of benzene rings is 1. The predicted octanol–water partition coefficient (Wildman–Crippen LogP) is 3.54. The van der Waals surface area contributed by atoms with Gasteiger partial charge in [-0.2, -0.15) is 0 Å². The van der Waals surface area contributed by atoms with E-state index in [2.05, 4.69) is 0 Å². The zero-order valence-corrected chi connectivity index (χ0v) is 9.26. The van der Waals surface area contributed by atoms with Gasteiger partial charge in [0, 0.05) is 6.08 Å². The van der Waals surface area contributed by atoms with Crippen LogP contribution in [0.5, 0.6) is 0 Å². The monoisotopic (exact) mass is 242 g/mol. The molecule has 1 atom stereocenters. The molecule has 0 aromatic heterocycles. The van der Waals surface area contributed by atoms with E-state index in [0.717, 1.165) is 5.56 Å². The summed E-state index contributed by atoms with van der Waals surface area (Å²) in [5.41, 5.74) is 0.863. The lowest BCUT2D eigenvalue weighted by Gasteiger charge is -2.19. The van der Waals surface area contributed by atoms with Gasteiger partial charge in [-0.25, -0.2) is 0 Å². The van der Waals surface area contributed by atoms with E-state index >= 15 is 0 Å². The number of allylic oxidation sites excluding steroid dienone is 1. The summed E-state index contributed by atoms with van der Waals surface area (Å²) in [4.78, 5) is 11.2. The molecule has 0 N–H and O–H groups in total. The molecule has 0 amide bonds. The molecule has 0 saturated heterocycles. The van der Waals surface area contributed by atoms with Crippen molar-refractivity contribution in [3.05, 3.63) is 46.1 Å². The highest BCUT2D eigenvalue weighted by Gasteiger charge is 2.19. The summed E-state index contributed by atoms with van der Waals surface area (Å²) in [5.74, 6) is 0.0531. The second-order valence-electron chi connectivity index (χ2n) is 3.27. The highest BCUT2D eigenvalue weighted by Crippen LogP contribution is 2.30. The second kappa shape index (κ2) is 4.25. The van der Waals surface area contributed by atoms with Crippen molar-refractivity contribution in [2.24, 2.45) is 0 Å². The Morgan fingerprint density at radius 1 is 1.27 bits per heavy atom. The number of ether oxygens (including phenoxy) is 1. The van der Waals surface area contributed by atoms with Crippen LogP contribution in [0.3, 0.4) is 0 Å². The quantitative estimate of drug-likeness (QED) is 0.754. The third-order valence-corrected chi connectivity index (χ3v) is 2.94. The van der Waals surface area contributed by atoms with Gasteiger partial charge in [-0.15, -0.1) is 0 Å². The normalized spacial score (nSPS) is 20.1. The third-order valence-electron chi connectivity index (χ3n) is 2.20. The molecule has 2 rings (SSSR count). The molecule has 0 fully saturated rings. The van der Waals surface area contributed by atoms with Gasteiger partial charge in [0.25, 0.3) is 0 Å². The molecule has 1 unspecified atom stereocenters. The number of ketones is 1. The number of rotatable bonds is 1. The van der Waals surface area contributed by atoms with Crippen LogP contribution >= 0.6 is 23.2 Å². The maximum absolute atomic E-state index is 11.2. The van der Waals surface area contributed by atoms with Crippen molar-refractivity contribution in [1.29, 1.82) is 0 Å². The number of carbonyl (C=O) groups excluding carboxylic acids is 1. The zero-order valence-electron chi connectivity index (χ0n) is 7.74. The Hall–Kier alpha value is -0.990. The van der Waals surface area contributed by atoms with Gasteiger partial charge in [-0.1, -0.05) is 29.3 Å². The molecule has 0 saturated carbocycles. The molecule has 2 nitrogen and oxygen atoms in total. The highest BCUT2D eigenvalue weighted by atomic mass is 35.5. The number of halogens is 2. The lowest BCUT2D eigenvalue weighted by Crippen LogP contribution is -2.11. The first kappa shape index (κ1) is 10.5. The van der Waals surface area contributed by atoms with Crippen molar-refractivity contribution >= 4 is 29.0 Å². The van der Waals surface area contributed by atoms with Crippen molar-refractivity contribution in [2.75, 3.05) is 0 Å². The molecule has 1 aromatic carbocycles. The fraction of sp³-hybridized carbons (Fsp3) is 0.182. The summed E-state index contributed by atoms with van der Waals surface area (Å²) in [6.45, 7) is 0. The zero-order chi connectivity index (χ0) is 10.8. The van der Waals surface area contributed by atoms with E-state index in [4.69, 9.17) is 27.9 Å². The molecule has 1 aliphatic rings. The first-order valence-corrected chi connectivity index (χ1v) is 5.22. The molecule has 1 aromatic rings. The van der Waals surface area contributed by atoms with Crippen LogP contribution in [0, 0.1) is 0 Å². The van der Waals surface area contributed by atoms with Gasteiger partial charge in [0.1, 0.15) is 6.10 Å². The molecule has 15 heavy (non-hydrogen) atoms. The molecule has 0 spiro atoms. The minimum Gasteiger partial charge on any atom is -0.493 e. The molecule has 1 aliphatic heterocycles. The summed E-state index contributed by atoms with van der Waals surface area (Å²) in [7, 11) is 0. The number of carbonyl (C=O) groups is 1. The Balaban J connectivity index is 2.26. The summed E-state index contributed by atoms with van der Waals surface area (Å²) in [6.07, 6.45) is 2.93. The van der Waals surface area contributed by atoms with Gasteiger partial charge < -0.3 is 4.74 Å². The Kier molecular flexibility index (Phi) is 2.98. The second-order valence-corrected chi connectivity index (χ2v) is 4.09. The van der Waals surface area contributed by atoms with Crippen LogP contribution in [-0.4, -0.2) is 5.78 Å². The number of hydrogen-bond donors (Lipinski definition) is 0. The summed E-state index contributed by atoms with van der Waals surface area (Å²) >= 11 is 11.7. The van der Waals surface area contributed by atoms with Gasteiger partial charge in [-0.05, 0) is 17.7 Å². The summed E-state index contributed by atoms with van der Waals surface area (Å²) in [6, 6.07) is 5.23. The van der Waals surface area contributed by atoms with E-state index in [-0.39, 0.29) is 11.9 Å². The van der Waals surface area contributed by atoms with Crippen LogP contribution in [0.1, 0.15) is 18.1 Å². The molecular formula is C11H8Cl2O2. The first-order chi connectivity index (χ1) is 7.16. The Morgan fingerprint density at radius 3 is 2.73 bits per heavy atom. The van der Waals surface area contributed by atoms with E-state index in [1.807, 2.05) is 6.07 Å². The van der Waals surface area contributed by atoms with Crippen molar-refractivity contribution in [2.45, 2.75) is 12.5 Å². The lowest BCUT2D eigenvalue weighted by molar-refractivity contribution is -0.118. The van der Waals surface area contributed by atoms with Crippen molar-refractivity contribution < 1.29 is 9.53 Å². The van der Waals surface area contributed by atoms with Gasteiger partial charge >= 0.3 is 0 Å². The molecule has 0 aliphatic carbocycles. The largest absolute Gasteiger partial charge is 0.493 e. The van der Waals surface area contributed by atoms with Crippen LogP contribution in [0.25, 0.3) is 0 Å². The minimum atomic E-state index is -0.253. The van der Waals surface area contributed by atoms with Gasteiger partial charge in [0.2, 0.25) is 0 Å². The molecular weight excluding hydrogens is 235 g/mol. The fourth-order valence-electron chi connectivity index (χ4n) is 1.42. The molecule has 4 heteroatoms. The third kappa shape index (κ3) is 2.33. The average Bonchev–Trinajstić information content (AvgIpc) is 2.22. The standard InChI is InChI=1S/C11H8Cl2O2/c12-9-2-1-7(5-10(9)13)11-6-8(14)3-4-15-11/h1-5,11H,6H2. The Labute approximate surface area is 97.4 Å². The van der Waals surface area contributed by atoms with E-state index in [1.54, 1.807) is 12.1 Å². The predicted molar refractivity (Wildman–Crippen MR) is 59.1 cm³/mol. The number of hydrogen-bond acceptors (Lipinski definition) is 2. The van der Waals surface area contributed by atoms with Crippen molar-refractivity contribution in [1.82, 2.24) is 0 Å². The molecule has 0 bridgehead atoms. The van der Waals surface area contributed by atoms with E-state index in [0.29, 0.717) is 16.5 Å². The van der Waals surface area contributed by atoms with E-state index in [9.17, 15) is 4.79 Å². The van der Waals surface area contributed by atoms with Crippen molar-refractivity contribution in [3.8, 4) is 0 Å². The summed E-state index contributed by atoms with van der Waals surface area (Å²) in [5, 5.41) is 0.970. The van der Waals surface area contributed by atoms with Crippen LogP contribution in [0.4, 0.5) is 0 Å². The average molecular weight is 243 g/mol. The van der Waals surface area contributed by atoms with Crippen LogP contribution in [0.2, 0.25) is 10.0 Å². The maximum Gasteiger partial charge on any atom is 0.162 e. The molecule has 78 valence electrons. The fourth-order valence-corrected chi connectivity index (χ4v) is 1.72. The SMILES string of the molecule is O=C1C=COC(c2ccc(Cl)c(Cl)c2)C1. The molecule has 0 radical (unpaired) electrons. The minimum absolute atomic E-state index is 0.0531. The smallest absolute Gasteiger partial charge is 0.162 e. The maximum atomic E-state index is 11.2. The summed E-state index contributed by atoms with van der Waals surface area (Å²) < 4.78 is 5.33. The van der Waals surface area contributed by atoms with E-state index in [1.165, 1.54) is 12.3 Å². The Bertz CT molecular complexity index is 427. The van der Waals surface area contributed by atoms with Crippen LogP contribution < -0.4 is 0 Å².